The molecular formula is C20H17N7O. The van der Waals surface area contributed by atoms with Gasteiger partial charge in [-0.3, -0.25) is 19.4 Å². The Morgan fingerprint density at radius 2 is 1.93 bits per heavy atom. The Labute approximate surface area is 161 Å². The van der Waals surface area contributed by atoms with E-state index in [1.165, 1.54) is 0 Å². The number of aromatic nitrogens is 6. The predicted octanol–water partition coefficient (Wildman–Crippen LogP) is 2.41. The van der Waals surface area contributed by atoms with E-state index in [0.29, 0.717) is 17.0 Å². The topological polar surface area (TPSA) is 112 Å². The number of hydrogen-bond donors (Lipinski definition) is 1. The Morgan fingerprint density at radius 1 is 1.07 bits per heavy atom. The molecule has 2 N–H and O–H groups in total. The Balaban J connectivity index is 1.98. The lowest BCUT2D eigenvalue weighted by atomic mass is 10.00. The molecule has 0 aliphatic carbocycles. The van der Waals surface area contributed by atoms with Gasteiger partial charge in [-0.15, -0.1) is 0 Å². The van der Waals surface area contributed by atoms with Gasteiger partial charge in [0.05, 0.1) is 11.4 Å². The molecule has 0 atom stereocenters. The first-order valence-corrected chi connectivity index (χ1v) is 8.57. The van der Waals surface area contributed by atoms with Crippen LogP contribution in [0.3, 0.4) is 0 Å². The van der Waals surface area contributed by atoms with E-state index >= 15 is 0 Å². The number of hydrogen-bond acceptors (Lipinski definition) is 6. The fourth-order valence-electron chi connectivity index (χ4n) is 2.98. The molecule has 0 saturated carbocycles. The predicted molar refractivity (Wildman–Crippen MR) is 104 cm³/mol. The number of rotatable bonds is 4. The summed E-state index contributed by atoms with van der Waals surface area (Å²) in [5.74, 6) is -0.743. The van der Waals surface area contributed by atoms with Gasteiger partial charge >= 0.3 is 0 Å². The number of primary amides is 1. The molecule has 4 aromatic rings. The highest BCUT2D eigenvalue weighted by Gasteiger charge is 2.20. The number of nitrogens with two attached hydrogens (primary N) is 1. The summed E-state index contributed by atoms with van der Waals surface area (Å²) < 4.78 is 1.71. The van der Waals surface area contributed by atoms with Gasteiger partial charge in [0.2, 0.25) is 5.82 Å². The zero-order valence-electron chi connectivity index (χ0n) is 15.4. The maximum atomic E-state index is 11.6. The molecule has 0 fully saturated rings. The smallest absolute Gasteiger partial charge is 0.286 e. The van der Waals surface area contributed by atoms with Gasteiger partial charge in [-0.05, 0) is 30.7 Å². The van der Waals surface area contributed by atoms with Crippen LogP contribution in [0.2, 0.25) is 0 Å². The molecule has 0 bridgehead atoms. The quantitative estimate of drug-likeness (QED) is 0.589. The van der Waals surface area contributed by atoms with Gasteiger partial charge in [-0.25, -0.2) is 9.97 Å². The van der Waals surface area contributed by atoms with Crippen LogP contribution in [0, 0.1) is 6.92 Å². The summed E-state index contributed by atoms with van der Waals surface area (Å²) in [7, 11) is 1.84. The second-order valence-corrected chi connectivity index (χ2v) is 6.35. The lowest BCUT2D eigenvalue weighted by molar-refractivity contribution is 0.0990. The highest BCUT2D eigenvalue weighted by Crippen LogP contribution is 2.35. The molecule has 1 amide bonds. The Morgan fingerprint density at radius 3 is 2.64 bits per heavy atom. The van der Waals surface area contributed by atoms with Crippen LogP contribution in [0.25, 0.3) is 33.8 Å². The molecule has 0 saturated heterocycles. The van der Waals surface area contributed by atoms with E-state index in [1.807, 2.05) is 44.4 Å². The fourth-order valence-corrected chi connectivity index (χ4v) is 2.98. The van der Waals surface area contributed by atoms with Crippen molar-refractivity contribution in [3.63, 3.8) is 0 Å². The minimum Gasteiger partial charge on any atom is -0.363 e. The third kappa shape index (κ3) is 3.23. The number of amides is 1. The second kappa shape index (κ2) is 6.99. The van der Waals surface area contributed by atoms with Gasteiger partial charge in [0.1, 0.15) is 5.69 Å². The van der Waals surface area contributed by atoms with Crippen molar-refractivity contribution in [2.45, 2.75) is 6.92 Å². The van der Waals surface area contributed by atoms with Crippen LogP contribution in [-0.2, 0) is 7.05 Å². The first kappa shape index (κ1) is 17.5. The van der Waals surface area contributed by atoms with E-state index in [2.05, 4.69) is 25.0 Å². The monoisotopic (exact) mass is 371 g/mol. The second-order valence-electron chi connectivity index (χ2n) is 6.35. The van der Waals surface area contributed by atoms with Crippen molar-refractivity contribution < 1.29 is 4.79 Å². The molecule has 0 unspecified atom stereocenters. The average Bonchev–Trinajstić information content (AvgIpc) is 3.09. The minimum atomic E-state index is -0.690. The van der Waals surface area contributed by atoms with Gasteiger partial charge < -0.3 is 5.73 Å². The molecular weight excluding hydrogens is 354 g/mol. The van der Waals surface area contributed by atoms with E-state index in [4.69, 9.17) is 5.73 Å². The zero-order valence-corrected chi connectivity index (χ0v) is 15.4. The normalized spacial score (nSPS) is 10.8. The number of carbonyl (C=O) groups is 1. The number of pyridine rings is 2. The molecule has 0 aliphatic rings. The fraction of sp³-hybridized carbons (Fsp3) is 0.100. The van der Waals surface area contributed by atoms with Crippen LogP contribution in [0.15, 0.2) is 55.2 Å². The van der Waals surface area contributed by atoms with Crippen molar-refractivity contribution in [3.05, 3.63) is 66.6 Å². The zero-order chi connectivity index (χ0) is 19.7. The lowest BCUT2D eigenvalue weighted by Gasteiger charge is -2.10. The van der Waals surface area contributed by atoms with Crippen molar-refractivity contribution >= 4 is 5.91 Å². The summed E-state index contributed by atoms with van der Waals surface area (Å²) in [6.07, 6.45) is 8.63. The van der Waals surface area contributed by atoms with Gasteiger partial charge in [-0.2, -0.15) is 5.10 Å². The molecule has 138 valence electrons. The highest BCUT2D eigenvalue weighted by molar-refractivity contribution is 5.92. The van der Waals surface area contributed by atoms with Crippen LogP contribution in [0.1, 0.15) is 16.2 Å². The van der Waals surface area contributed by atoms with Crippen molar-refractivity contribution in [1.82, 2.24) is 29.7 Å². The van der Waals surface area contributed by atoms with Crippen molar-refractivity contribution in [1.29, 1.82) is 0 Å². The van der Waals surface area contributed by atoms with E-state index in [9.17, 15) is 4.79 Å². The van der Waals surface area contributed by atoms with Crippen molar-refractivity contribution in [2.75, 3.05) is 0 Å². The summed E-state index contributed by atoms with van der Waals surface area (Å²) in [6, 6.07) is 7.58. The third-order valence-corrected chi connectivity index (χ3v) is 4.18. The SMILES string of the molecule is Cc1cncc(-c2nc(C(N)=O)ncc2-c2cn(C)nc2-c2ccccn2)c1. The Kier molecular flexibility index (Phi) is 4.36. The molecule has 8 nitrogen and oxygen atoms in total. The van der Waals surface area contributed by atoms with Gasteiger partial charge in [0, 0.05) is 54.7 Å². The maximum Gasteiger partial charge on any atom is 0.286 e. The van der Waals surface area contributed by atoms with Gasteiger partial charge in [0.25, 0.3) is 5.91 Å². The van der Waals surface area contributed by atoms with Crippen LogP contribution in [-0.4, -0.2) is 35.6 Å². The molecule has 0 radical (unpaired) electrons. The van der Waals surface area contributed by atoms with E-state index in [1.54, 1.807) is 29.5 Å². The van der Waals surface area contributed by atoms with E-state index in [0.717, 1.165) is 22.4 Å². The summed E-state index contributed by atoms with van der Waals surface area (Å²) in [5.41, 5.74) is 10.6. The molecule has 8 heteroatoms. The summed E-state index contributed by atoms with van der Waals surface area (Å²) in [6.45, 7) is 1.94. The van der Waals surface area contributed by atoms with E-state index < -0.39 is 5.91 Å². The number of nitrogens with zero attached hydrogens (tertiary/aromatic N) is 6. The first-order chi connectivity index (χ1) is 13.5. The summed E-state index contributed by atoms with van der Waals surface area (Å²) >= 11 is 0. The summed E-state index contributed by atoms with van der Waals surface area (Å²) in [4.78, 5) is 28.9. The lowest BCUT2D eigenvalue weighted by Crippen LogP contribution is -2.16. The van der Waals surface area contributed by atoms with Crippen molar-refractivity contribution in [2.24, 2.45) is 12.8 Å². The van der Waals surface area contributed by atoms with Crippen LogP contribution in [0.4, 0.5) is 0 Å². The van der Waals surface area contributed by atoms with E-state index in [-0.39, 0.29) is 5.82 Å². The van der Waals surface area contributed by atoms with Crippen molar-refractivity contribution in [3.8, 4) is 33.8 Å². The number of aryl methyl sites for hydroxylation is 2. The molecule has 4 rings (SSSR count). The van der Waals surface area contributed by atoms with Gasteiger partial charge in [-0.1, -0.05) is 6.07 Å². The van der Waals surface area contributed by atoms with Crippen LogP contribution >= 0.6 is 0 Å². The third-order valence-electron chi connectivity index (χ3n) is 4.18. The van der Waals surface area contributed by atoms with Gasteiger partial charge in [0.15, 0.2) is 0 Å². The first-order valence-electron chi connectivity index (χ1n) is 8.57. The molecule has 4 heterocycles. The Hall–Kier alpha value is -3.94. The summed E-state index contributed by atoms with van der Waals surface area (Å²) in [5, 5.41) is 4.56. The molecule has 0 spiro atoms. The standard InChI is InChI=1S/C20H17N7O/c1-12-7-13(9-22-8-12)17-14(10-24-20(25-17)19(21)28)15-11-27(2)26-18(15)16-5-3-4-6-23-16/h3-11H,1-2H3,(H2,21,28). The maximum absolute atomic E-state index is 11.6. The number of carbonyl (C=O) groups excluding carboxylic acids is 1. The highest BCUT2D eigenvalue weighted by atomic mass is 16.1. The average molecular weight is 371 g/mol. The molecule has 4 aromatic heterocycles. The van der Waals surface area contributed by atoms with Crippen LogP contribution in [0.5, 0.6) is 0 Å². The molecule has 0 aromatic carbocycles. The Bertz CT molecular complexity index is 1170. The largest absolute Gasteiger partial charge is 0.363 e. The minimum absolute atomic E-state index is 0.0523. The molecule has 0 aliphatic heterocycles. The molecule has 28 heavy (non-hydrogen) atoms. The van der Waals surface area contributed by atoms with Crippen LogP contribution < -0.4 is 5.73 Å².